The van der Waals surface area contributed by atoms with Crippen LogP contribution in [0.15, 0.2) is 48.2 Å². The van der Waals surface area contributed by atoms with Gasteiger partial charge in [0.15, 0.2) is 11.8 Å². The van der Waals surface area contributed by atoms with Crippen LogP contribution in [-0.2, 0) is 14.3 Å². The van der Waals surface area contributed by atoms with Crippen LogP contribution in [-0.4, -0.2) is 30.1 Å². The predicted molar refractivity (Wildman–Crippen MR) is 100 cm³/mol. The topological polar surface area (TPSA) is 101 Å². The number of nitriles is 1. The molecule has 0 bridgehead atoms. The Morgan fingerprint density at radius 1 is 1.30 bits per heavy atom. The molecule has 0 aliphatic rings. The Kier molecular flexibility index (Phi) is 7.35. The largest absolute Gasteiger partial charge is 0.494 e. The van der Waals surface area contributed by atoms with Crippen molar-refractivity contribution in [3.8, 4) is 11.8 Å². The fourth-order valence-corrected chi connectivity index (χ4v) is 2.17. The Morgan fingerprint density at radius 3 is 2.67 bits per heavy atom. The minimum atomic E-state index is -0.904. The van der Waals surface area contributed by atoms with Gasteiger partial charge in [0.05, 0.1) is 12.3 Å². The number of aromatic nitrogens is 1. The summed E-state index contributed by atoms with van der Waals surface area (Å²) in [7, 11) is 0. The van der Waals surface area contributed by atoms with Gasteiger partial charge >= 0.3 is 5.97 Å². The molecule has 0 aliphatic carbocycles. The third-order valence-electron chi connectivity index (χ3n) is 3.21. The van der Waals surface area contributed by atoms with E-state index in [0.717, 1.165) is 0 Å². The van der Waals surface area contributed by atoms with Gasteiger partial charge in [-0.2, -0.15) is 5.26 Å². The van der Waals surface area contributed by atoms with Gasteiger partial charge in [0.2, 0.25) is 0 Å². The van der Waals surface area contributed by atoms with Crippen LogP contribution < -0.4 is 10.1 Å². The number of hydrogen-bond donors (Lipinski definition) is 1. The third kappa shape index (κ3) is 6.13. The second kappa shape index (κ2) is 9.94. The van der Waals surface area contributed by atoms with Crippen LogP contribution >= 0.6 is 11.6 Å². The molecule has 2 aromatic rings. The minimum Gasteiger partial charge on any atom is -0.494 e. The number of ether oxygens (including phenoxy) is 2. The Balaban J connectivity index is 1.95. The number of pyridine rings is 1. The zero-order valence-electron chi connectivity index (χ0n) is 14.4. The van der Waals surface area contributed by atoms with Gasteiger partial charge in [-0.25, -0.2) is 9.78 Å². The highest BCUT2D eigenvalue weighted by Gasteiger charge is 2.14. The highest BCUT2D eigenvalue weighted by atomic mass is 35.5. The molecule has 138 valence electrons. The van der Waals surface area contributed by atoms with Crippen LogP contribution in [0, 0.1) is 11.3 Å². The number of halogens is 1. The summed E-state index contributed by atoms with van der Waals surface area (Å²) in [5, 5.41) is 11.7. The second-order valence-corrected chi connectivity index (χ2v) is 5.50. The number of nitrogens with zero attached hydrogens (tertiary/aromatic N) is 2. The Bertz CT molecular complexity index is 889. The molecule has 1 heterocycles. The van der Waals surface area contributed by atoms with Crippen molar-refractivity contribution in [1.29, 1.82) is 5.26 Å². The molecular weight excluding hydrogens is 370 g/mol. The van der Waals surface area contributed by atoms with Crippen molar-refractivity contribution < 1.29 is 19.1 Å². The molecule has 0 saturated carbocycles. The van der Waals surface area contributed by atoms with Crippen molar-refractivity contribution in [2.75, 3.05) is 18.5 Å². The highest BCUT2D eigenvalue weighted by molar-refractivity contribution is 6.32. The van der Waals surface area contributed by atoms with Crippen molar-refractivity contribution in [2.24, 2.45) is 0 Å². The molecule has 1 aromatic carbocycles. The molecule has 8 heteroatoms. The number of hydrogen-bond acceptors (Lipinski definition) is 6. The van der Waals surface area contributed by atoms with Gasteiger partial charge in [0, 0.05) is 6.20 Å². The first kappa shape index (κ1) is 19.9. The van der Waals surface area contributed by atoms with E-state index in [2.05, 4.69) is 10.3 Å². The van der Waals surface area contributed by atoms with E-state index in [9.17, 15) is 9.59 Å². The van der Waals surface area contributed by atoms with Gasteiger partial charge in [-0.15, -0.1) is 0 Å². The molecule has 0 radical (unpaired) electrons. The molecule has 7 nitrogen and oxygen atoms in total. The van der Waals surface area contributed by atoms with Crippen LogP contribution in [0.25, 0.3) is 6.08 Å². The smallest absolute Gasteiger partial charge is 0.349 e. The highest BCUT2D eigenvalue weighted by Crippen LogP contribution is 2.17. The zero-order chi connectivity index (χ0) is 19.6. The van der Waals surface area contributed by atoms with E-state index in [1.807, 2.05) is 6.92 Å². The summed E-state index contributed by atoms with van der Waals surface area (Å²) < 4.78 is 10.2. The molecule has 27 heavy (non-hydrogen) atoms. The van der Waals surface area contributed by atoms with Crippen molar-refractivity contribution in [1.82, 2.24) is 4.98 Å². The van der Waals surface area contributed by atoms with Crippen LogP contribution in [0.1, 0.15) is 12.5 Å². The first-order valence-electron chi connectivity index (χ1n) is 7.95. The van der Waals surface area contributed by atoms with Crippen LogP contribution in [0.5, 0.6) is 5.75 Å². The fraction of sp³-hybridized carbons (Fsp3) is 0.158. The zero-order valence-corrected chi connectivity index (χ0v) is 15.2. The molecular formula is C19H16ClN3O4. The molecule has 0 atom stereocenters. The molecule has 2 rings (SSSR count). The van der Waals surface area contributed by atoms with Gasteiger partial charge in [-0.1, -0.05) is 23.7 Å². The first-order chi connectivity index (χ1) is 13.0. The summed E-state index contributed by atoms with van der Waals surface area (Å²) in [4.78, 5) is 27.7. The number of carbonyl (C=O) groups excluding carboxylic acids is 2. The Labute approximate surface area is 161 Å². The number of amides is 1. The van der Waals surface area contributed by atoms with E-state index in [4.69, 9.17) is 26.3 Å². The summed E-state index contributed by atoms with van der Waals surface area (Å²) in [6.07, 6.45) is 2.84. The molecule has 0 fully saturated rings. The maximum absolute atomic E-state index is 12.0. The Morgan fingerprint density at radius 2 is 2.04 bits per heavy atom. The number of nitrogens with one attached hydrogen (secondary N) is 1. The summed E-state index contributed by atoms with van der Waals surface area (Å²) >= 11 is 5.83. The van der Waals surface area contributed by atoms with Gasteiger partial charge in [0.25, 0.3) is 5.91 Å². The van der Waals surface area contributed by atoms with Crippen LogP contribution in [0.3, 0.4) is 0 Å². The molecule has 1 N–H and O–H groups in total. The van der Waals surface area contributed by atoms with Gasteiger partial charge < -0.3 is 14.8 Å². The van der Waals surface area contributed by atoms with E-state index >= 15 is 0 Å². The fourth-order valence-electron chi connectivity index (χ4n) is 2.00. The summed E-state index contributed by atoms with van der Waals surface area (Å²) in [5.41, 5.74) is 0.690. The second-order valence-electron chi connectivity index (χ2n) is 5.14. The van der Waals surface area contributed by atoms with Crippen molar-refractivity contribution in [3.63, 3.8) is 0 Å². The molecule has 1 amide bonds. The lowest BCUT2D eigenvalue weighted by Gasteiger charge is -2.07. The molecule has 0 spiro atoms. The lowest BCUT2D eigenvalue weighted by atomic mass is 10.1. The van der Waals surface area contributed by atoms with Gasteiger partial charge in [-0.3, -0.25) is 4.79 Å². The standard InChI is InChI=1S/C19H16ClN3O4/c1-2-26-15-7-5-13(6-8-15)10-14(11-21)19(25)27-12-17(24)23-16-4-3-9-22-18(16)20/h3-10H,2,12H2,1H3,(H,23,24)/b14-10+. The summed E-state index contributed by atoms with van der Waals surface area (Å²) in [5.74, 6) is -0.822. The lowest BCUT2D eigenvalue weighted by molar-refractivity contribution is -0.142. The van der Waals surface area contributed by atoms with Crippen molar-refractivity contribution in [3.05, 3.63) is 58.9 Å². The number of carbonyl (C=O) groups is 2. The average Bonchev–Trinajstić information content (AvgIpc) is 2.67. The maximum atomic E-state index is 12.0. The van der Waals surface area contributed by atoms with E-state index in [0.29, 0.717) is 23.6 Å². The number of esters is 1. The maximum Gasteiger partial charge on any atom is 0.349 e. The van der Waals surface area contributed by atoms with Crippen molar-refractivity contribution in [2.45, 2.75) is 6.92 Å². The van der Waals surface area contributed by atoms with Gasteiger partial charge in [-0.05, 0) is 42.8 Å². The summed E-state index contributed by atoms with van der Waals surface area (Å²) in [6.45, 7) is 1.85. The van der Waals surface area contributed by atoms with E-state index < -0.39 is 18.5 Å². The Hall–Kier alpha value is -3.37. The van der Waals surface area contributed by atoms with Crippen molar-refractivity contribution >= 4 is 35.2 Å². The molecule has 1 aromatic heterocycles. The molecule has 0 unspecified atom stereocenters. The van der Waals surface area contributed by atoms with Crippen LogP contribution in [0.2, 0.25) is 5.15 Å². The average molecular weight is 386 g/mol. The third-order valence-corrected chi connectivity index (χ3v) is 3.51. The molecule has 0 saturated heterocycles. The monoisotopic (exact) mass is 385 g/mol. The van der Waals surface area contributed by atoms with Gasteiger partial charge in [0.1, 0.15) is 17.4 Å². The lowest BCUT2D eigenvalue weighted by Crippen LogP contribution is -2.21. The quantitative estimate of drug-likeness (QED) is 0.340. The first-order valence-corrected chi connectivity index (χ1v) is 8.33. The number of anilines is 1. The van der Waals surface area contributed by atoms with E-state index in [1.54, 1.807) is 42.5 Å². The number of rotatable bonds is 7. The summed E-state index contributed by atoms with van der Waals surface area (Å²) in [6, 6.07) is 11.8. The van der Waals surface area contributed by atoms with E-state index in [-0.39, 0.29) is 10.7 Å². The predicted octanol–water partition coefficient (Wildman–Crippen LogP) is 3.22. The SMILES string of the molecule is CCOc1ccc(/C=C(\C#N)C(=O)OCC(=O)Nc2cccnc2Cl)cc1. The minimum absolute atomic E-state index is 0.116. The molecule has 0 aliphatic heterocycles. The van der Waals surface area contributed by atoms with E-state index in [1.165, 1.54) is 12.3 Å². The van der Waals surface area contributed by atoms with Crippen LogP contribution in [0.4, 0.5) is 5.69 Å². The normalized spacial score (nSPS) is 10.6. The number of benzene rings is 1.